The number of benzene rings is 2. The molecule has 0 saturated heterocycles. The zero-order valence-corrected chi connectivity index (χ0v) is 13.7. The van der Waals surface area contributed by atoms with Crippen LogP contribution >= 0.6 is 0 Å². The van der Waals surface area contributed by atoms with Gasteiger partial charge in [0.15, 0.2) is 0 Å². The molecule has 5 nitrogen and oxygen atoms in total. The standard InChI is InChI=1S/C18H22N2O3/c1-20(2)12-14-6-4-13(5-7-14)11-19-18(22)16-9-8-15(23-3)10-17(16)21/h4-10,21H,11-12H2,1-3H3,(H,19,22). The molecule has 0 saturated carbocycles. The molecule has 0 radical (unpaired) electrons. The third-order valence-corrected chi connectivity index (χ3v) is 3.42. The van der Waals surface area contributed by atoms with Crippen molar-refractivity contribution in [1.82, 2.24) is 10.2 Å². The van der Waals surface area contributed by atoms with Crippen LogP contribution in [0.15, 0.2) is 42.5 Å². The highest BCUT2D eigenvalue weighted by atomic mass is 16.5. The number of aromatic hydroxyl groups is 1. The highest BCUT2D eigenvalue weighted by Gasteiger charge is 2.11. The molecular weight excluding hydrogens is 292 g/mol. The molecule has 122 valence electrons. The Kier molecular flexibility index (Phi) is 5.60. The van der Waals surface area contributed by atoms with Crippen LogP contribution in [0.5, 0.6) is 11.5 Å². The lowest BCUT2D eigenvalue weighted by Crippen LogP contribution is -2.22. The number of carbonyl (C=O) groups is 1. The number of nitrogens with one attached hydrogen (secondary N) is 1. The number of ether oxygens (including phenoxy) is 1. The number of phenols is 1. The predicted molar refractivity (Wildman–Crippen MR) is 89.7 cm³/mol. The number of methoxy groups -OCH3 is 1. The van der Waals surface area contributed by atoms with Gasteiger partial charge >= 0.3 is 0 Å². The van der Waals surface area contributed by atoms with Crippen LogP contribution in [-0.4, -0.2) is 37.1 Å². The van der Waals surface area contributed by atoms with E-state index >= 15 is 0 Å². The van der Waals surface area contributed by atoms with Crippen molar-refractivity contribution in [3.05, 3.63) is 59.2 Å². The monoisotopic (exact) mass is 314 g/mol. The van der Waals surface area contributed by atoms with Crippen molar-refractivity contribution in [2.75, 3.05) is 21.2 Å². The molecule has 0 aromatic heterocycles. The molecule has 0 fully saturated rings. The first-order valence-corrected chi connectivity index (χ1v) is 7.37. The largest absolute Gasteiger partial charge is 0.507 e. The van der Waals surface area contributed by atoms with Crippen LogP contribution < -0.4 is 10.1 Å². The first kappa shape index (κ1) is 16.8. The van der Waals surface area contributed by atoms with Gasteiger partial charge in [-0.1, -0.05) is 24.3 Å². The molecule has 0 aliphatic heterocycles. The summed E-state index contributed by atoms with van der Waals surface area (Å²) in [5, 5.41) is 12.7. The lowest BCUT2D eigenvalue weighted by atomic mass is 10.1. The maximum Gasteiger partial charge on any atom is 0.255 e. The fraction of sp³-hybridized carbons (Fsp3) is 0.278. The Morgan fingerprint density at radius 2 is 1.78 bits per heavy atom. The van der Waals surface area contributed by atoms with Crippen LogP contribution in [0, 0.1) is 0 Å². The topological polar surface area (TPSA) is 61.8 Å². The Hall–Kier alpha value is -2.53. The van der Waals surface area contributed by atoms with E-state index in [9.17, 15) is 9.90 Å². The second-order valence-electron chi connectivity index (χ2n) is 5.62. The molecule has 23 heavy (non-hydrogen) atoms. The minimum Gasteiger partial charge on any atom is -0.507 e. The van der Waals surface area contributed by atoms with Gasteiger partial charge in [0.2, 0.25) is 0 Å². The average molecular weight is 314 g/mol. The molecule has 0 bridgehead atoms. The minimum atomic E-state index is -0.317. The summed E-state index contributed by atoms with van der Waals surface area (Å²) in [5.41, 5.74) is 2.46. The molecule has 2 aromatic carbocycles. The van der Waals surface area contributed by atoms with Crippen LogP contribution in [0.25, 0.3) is 0 Å². The molecule has 0 unspecified atom stereocenters. The summed E-state index contributed by atoms with van der Waals surface area (Å²) < 4.78 is 5.00. The van der Waals surface area contributed by atoms with E-state index in [4.69, 9.17) is 4.74 Å². The molecule has 1 amide bonds. The zero-order chi connectivity index (χ0) is 16.8. The third kappa shape index (κ3) is 4.72. The number of nitrogens with zero attached hydrogens (tertiary/aromatic N) is 1. The van der Waals surface area contributed by atoms with Crippen molar-refractivity contribution in [3.8, 4) is 11.5 Å². The Labute approximate surface area is 136 Å². The van der Waals surface area contributed by atoms with Crippen molar-refractivity contribution < 1.29 is 14.6 Å². The van der Waals surface area contributed by atoms with E-state index in [1.54, 1.807) is 12.1 Å². The van der Waals surface area contributed by atoms with Crippen molar-refractivity contribution in [1.29, 1.82) is 0 Å². The Morgan fingerprint density at radius 3 is 2.35 bits per heavy atom. The Morgan fingerprint density at radius 1 is 1.13 bits per heavy atom. The van der Waals surface area contributed by atoms with Gasteiger partial charge in [0.05, 0.1) is 12.7 Å². The molecule has 2 N–H and O–H groups in total. The molecule has 5 heteroatoms. The van der Waals surface area contributed by atoms with Crippen LogP contribution in [0.4, 0.5) is 0 Å². The van der Waals surface area contributed by atoms with Gasteiger partial charge in [-0.2, -0.15) is 0 Å². The number of carbonyl (C=O) groups excluding carboxylic acids is 1. The number of amides is 1. The van der Waals surface area contributed by atoms with E-state index in [1.165, 1.54) is 18.7 Å². The second kappa shape index (κ2) is 7.65. The molecule has 0 aliphatic carbocycles. The van der Waals surface area contributed by atoms with E-state index < -0.39 is 0 Å². The fourth-order valence-corrected chi connectivity index (χ4v) is 2.24. The Bertz CT molecular complexity index is 666. The predicted octanol–water partition coefficient (Wildman–Crippen LogP) is 2.39. The summed E-state index contributed by atoms with van der Waals surface area (Å²) in [7, 11) is 5.55. The first-order valence-electron chi connectivity index (χ1n) is 7.37. The highest BCUT2D eigenvalue weighted by molar-refractivity contribution is 5.96. The van der Waals surface area contributed by atoms with Gasteiger partial charge in [-0.25, -0.2) is 0 Å². The molecule has 0 atom stereocenters. The minimum absolute atomic E-state index is 0.0943. The van der Waals surface area contributed by atoms with Gasteiger partial charge < -0.3 is 20.1 Å². The molecule has 0 spiro atoms. The van der Waals surface area contributed by atoms with Crippen molar-refractivity contribution >= 4 is 5.91 Å². The van der Waals surface area contributed by atoms with Gasteiger partial charge in [-0.05, 0) is 37.4 Å². The van der Waals surface area contributed by atoms with Gasteiger partial charge in [0, 0.05) is 19.2 Å². The summed E-state index contributed by atoms with van der Waals surface area (Å²) in [6, 6.07) is 12.7. The van der Waals surface area contributed by atoms with E-state index in [2.05, 4.69) is 10.2 Å². The summed E-state index contributed by atoms with van der Waals surface area (Å²) >= 11 is 0. The fourth-order valence-electron chi connectivity index (χ4n) is 2.24. The highest BCUT2D eigenvalue weighted by Crippen LogP contribution is 2.23. The first-order chi connectivity index (χ1) is 11.0. The SMILES string of the molecule is COc1ccc(C(=O)NCc2ccc(CN(C)C)cc2)c(O)c1. The number of phenolic OH excluding ortho intramolecular Hbond substituents is 1. The zero-order valence-electron chi connectivity index (χ0n) is 13.7. The van der Waals surface area contributed by atoms with Crippen LogP contribution in [0.3, 0.4) is 0 Å². The Balaban J connectivity index is 1.96. The smallest absolute Gasteiger partial charge is 0.255 e. The summed E-state index contributed by atoms with van der Waals surface area (Å²) in [5.74, 6) is 0.0984. The molecule has 0 aliphatic rings. The van der Waals surface area contributed by atoms with Crippen LogP contribution in [-0.2, 0) is 13.1 Å². The average Bonchev–Trinajstić information content (AvgIpc) is 2.53. The normalized spacial score (nSPS) is 10.6. The number of rotatable bonds is 6. The molecular formula is C18H22N2O3. The van der Waals surface area contributed by atoms with E-state index in [0.717, 1.165) is 12.1 Å². The van der Waals surface area contributed by atoms with E-state index in [-0.39, 0.29) is 17.2 Å². The lowest BCUT2D eigenvalue weighted by Gasteiger charge is -2.11. The molecule has 2 rings (SSSR count). The second-order valence-corrected chi connectivity index (χ2v) is 5.62. The maximum atomic E-state index is 12.1. The van der Waals surface area contributed by atoms with Crippen LogP contribution in [0.1, 0.15) is 21.5 Å². The third-order valence-electron chi connectivity index (χ3n) is 3.42. The van der Waals surface area contributed by atoms with Gasteiger partial charge in [0.1, 0.15) is 11.5 Å². The number of hydrogen-bond acceptors (Lipinski definition) is 4. The van der Waals surface area contributed by atoms with E-state index in [1.807, 2.05) is 38.4 Å². The summed E-state index contributed by atoms with van der Waals surface area (Å²) in [6.45, 7) is 1.29. The maximum absolute atomic E-state index is 12.1. The van der Waals surface area contributed by atoms with E-state index in [0.29, 0.717) is 12.3 Å². The van der Waals surface area contributed by atoms with Gasteiger partial charge in [-0.3, -0.25) is 4.79 Å². The lowest BCUT2D eigenvalue weighted by molar-refractivity contribution is 0.0948. The van der Waals surface area contributed by atoms with Crippen molar-refractivity contribution in [2.24, 2.45) is 0 Å². The quantitative estimate of drug-likeness (QED) is 0.859. The molecule has 2 aromatic rings. The van der Waals surface area contributed by atoms with Crippen LogP contribution in [0.2, 0.25) is 0 Å². The van der Waals surface area contributed by atoms with Gasteiger partial charge in [0.25, 0.3) is 5.91 Å². The summed E-state index contributed by atoms with van der Waals surface area (Å²) in [4.78, 5) is 14.2. The van der Waals surface area contributed by atoms with Crippen molar-refractivity contribution in [2.45, 2.75) is 13.1 Å². The van der Waals surface area contributed by atoms with Gasteiger partial charge in [-0.15, -0.1) is 0 Å². The van der Waals surface area contributed by atoms with Crippen molar-refractivity contribution in [3.63, 3.8) is 0 Å². The molecule has 0 heterocycles. The number of hydrogen-bond donors (Lipinski definition) is 2. The summed E-state index contributed by atoms with van der Waals surface area (Å²) in [6.07, 6.45) is 0.